The van der Waals surface area contributed by atoms with Crippen LogP contribution in [0.5, 0.6) is 5.75 Å². The predicted molar refractivity (Wildman–Crippen MR) is 184 cm³/mol. The summed E-state index contributed by atoms with van der Waals surface area (Å²) < 4.78 is 18.8. The van der Waals surface area contributed by atoms with Crippen LogP contribution in [-0.2, 0) is 11.3 Å². The van der Waals surface area contributed by atoms with Crippen molar-refractivity contribution in [2.24, 2.45) is 0 Å². The van der Waals surface area contributed by atoms with Gasteiger partial charge in [0.1, 0.15) is 11.6 Å². The minimum atomic E-state index is -0.270. The lowest BCUT2D eigenvalue weighted by atomic mass is 9.92. The highest BCUT2D eigenvalue weighted by atomic mass is 32.2. The Morgan fingerprint density at radius 2 is 1.67 bits per heavy atom. The fourth-order valence-corrected chi connectivity index (χ4v) is 8.13. The number of ether oxygens (including phenoxy) is 1. The predicted octanol–water partition coefficient (Wildman–Crippen LogP) is 6.20. The van der Waals surface area contributed by atoms with Crippen LogP contribution in [0.3, 0.4) is 0 Å². The van der Waals surface area contributed by atoms with E-state index in [0.29, 0.717) is 23.9 Å². The zero-order valence-electron chi connectivity index (χ0n) is 26.5. The Bertz CT molecular complexity index is 1510. The van der Waals surface area contributed by atoms with Crippen LogP contribution < -0.4 is 15.0 Å². The van der Waals surface area contributed by atoms with Crippen LogP contribution >= 0.6 is 11.8 Å². The molecule has 0 bridgehead atoms. The Morgan fingerprint density at radius 1 is 0.957 bits per heavy atom. The molecule has 46 heavy (non-hydrogen) atoms. The molecule has 0 aromatic heterocycles. The van der Waals surface area contributed by atoms with Gasteiger partial charge in [0.05, 0.1) is 12.0 Å². The van der Waals surface area contributed by atoms with Gasteiger partial charge in [-0.2, -0.15) is 0 Å². The molecule has 1 aliphatic carbocycles. The number of nitrogens with zero attached hydrogens (tertiary/aromatic N) is 3. The molecule has 3 aromatic rings. The van der Waals surface area contributed by atoms with Gasteiger partial charge < -0.3 is 19.9 Å². The monoisotopic (exact) mass is 642 g/mol. The summed E-state index contributed by atoms with van der Waals surface area (Å²) in [5.41, 5.74) is 3.68. The van der Waals surface area contributed by atoms with Crippen LogP contribution in [0, 0.1) is 5.82 Å². The molecule has 1 saturated carbocycles. The molecule has 2 atom stereocenters. The summed E-state index contributed by atoms with van der Waals surface area (Å²) in [5, 5.41) is 3.43. The molecule has 0 radical (unpaired) electrons. The number of nitrogens with one attached hydrogen (secondary N) is 1. The van der Waals surface area contributed by atoms with E-state index in [1.165, 1.54) is 24.2 Å². The molecule has 2 unspecified atom stereocenters. The highest BCUT2D eigenvalue weighted by Gasteiger charge is 2.40. The molecule has 2 saturated heterocycles. The standard InChI is InChI=1S/C37H43FN4O3S/c1-45-32-17-15-31(16-18-32)41-23-21-40(22-24-41)20-4-19-39-36(43)29-11-7-27(8-12-29)25-35-37(44)42(26-28-9-13-30(38)14-10-28)33-5-2-3-6-34(33)46-35/h7-18,25,33-34H,2-6,19-24,26H2,1H3,(H,39,43)/b35-25-. The summed E-state index contributed by atoms with van der Waals surface area (Å²) in [4.78, 5) is 34.1. The van der Waals surface area contributed by atoms with Gasteiger partial charge in [-0.1, -0.05) is 37.1 Å². The third kappa shape index (κ3) is 7.93. The van der Waals surface area contributed by atoms with Crippen molar-refractivity contribution in [2.75, 3.05) is 51.3 Å². The van der Waals surface area contributed by atoms with Gasteiger partial charge in [-0.25, -0.2) is 4.39 Å². The number of halogens is 1. The highest BCUT2D eigenvalue weighted by molar-refractivity contribution is 8.04. The number of carbonyl (C=O) groups is 2. The second-order valence-electron chi connectivity index (χ2n) is 12.3. The van der Waals surface area contributed by atoms with E-state index < -0.39 is 0 Å². The molecule has 0 spiro atoms. The smallest absolute Gasteiger partial charge is 0.260 e. The summed E-state index contributed by atoms with van der Waals surface area (Å²) in [6.07, 6.45) is 7.23. The number of hydrogen-bond donors (Lipinski definition) is 1. The lowest BCUT2D eigenvalue weighted by Gasteiger charge is -2.44. The molecule has 2 heterocycles. The Labute approximate surface area is 275 Å². The number of thioether (sulfide) groups is 1. The Balaban J connectivity index is 0.980. The lowest BCUT2D eigenvalue weighted by molar-refractivity contribution is -0.130. The lowest BCUT2D eigenvalue weighted by Crippen LogP contribution is -2.50. The summed E-state index contributed by atoms with van der Waals surface area (Å²) in [6, 6.07) is 22.4. The van der Waals surface area contributed by atoms with Crippen LogP contribution in [0.25, 0.3) is 6.08 Å². The van der Waals surface area contributed by atoms with Crippen LogP contribution in [-0.4, -0.2) is 79.3 Å². The van der Waals surface area contributed by atoms with E-state index in [-0.39, 0.29) is 23.7 Å². The third-order valence-electron chi connectivity index (χ3n) is 9.30. The van der Waals surface area contributed by atoms with E-state index in [9.17, 15) is 14.0 Å². The number of carbonyl (C=O) groups excluding carboxylic acids is 2. The molecule has 3 aromatic carbocycles. The molecule has 7 nitrogen and oxygen atoms in total. The second-order valence-corrected chi connectivity index (χ2v) is 13.6. The first-order valence-corrected chi connectivity index (χ1v) is 17.3. The fourth-order valence-electron chi connectivity index (χ4n) is 6.66. The fraction of sp³-hybridized carbons (Fsp3) is 0.405. The van der Waals surface area contributed by atoms with Gasteiger partial charge in [0.15, 0.2) is 0 Å². The summed E-state index contributed by atoms with van der Waals surface area (Å²) in [6.45, 7) is 6.04. The number of benzene rings is 3. The van der Waals surface area contributed by atoms with Crippen molar-refractivity contribution in [3.8, 4) is 5.75 Å². The van der Waals surface area contributed by atoms with E-state index in [1.807, 2.05) is 47.4 Å². The van der Waals surface area contributed by atoms with Crippen molar-refractivity contribution < 1.29 is 18.7 Å². The van der Waals surface area contributed by atoms with Gasteiger partial charge in [0, 0.05) is 61.8 Å². The van der Waals surface area contributed by atoms with Gasteiger partial charge in [-0.3, -0.25) is 14.5 Å². The van der Waals surface area contributed by atoms with Crippen LogP contribution in [0.1, 0.15) is 53.6 Å². The summed E-state index contributed by atoms with van der Waals surface area (Å²) in [7, 11) is 1.68. The zero-order chi connectivity index (χ0) is 31.9. The van der Waals surface area contributed by atoms with E-state index in [4.69, 9.17) is 4.74 Å². The van der Waals surface area contributed by atoms with Gasteiger partial charge >= 0.3 is 0 Å². The average molecular weight is 643 g/mol. The quantitative estimate of drug-likeness (QED) is 0.210. The molecular formula is C37H43FN4O3S. The minimum absolute atomic E-state index is 0.0291. The first kappa shape index (κ1) is 32.1. The van der Waals surface area contributed by atoms with Crippen molar-refractivity contribution in [3.63, 3.8) is 0 Å². The van der Waals surface area contributed by atoms with Gasteiger partial charge in [0.2, 0.25) is 0 Å². The van der Waals surface area contributed by atoms with Crippen molar-refractivity contribution >= 4 is 35.3 Å². The largest absolute Gasteiger partial charge is 0.497 e. The van der Waals surface area contributed by atoms with E-state index >= 15 is 0 Å². The molecule has 3 fully saturated rings. The van der Waals surface area contributed by atoms with Gasteiger partial charge in [-0.05, 0) is 91.5 Å². The average Bonchev–Trinajstić information content (AvgIpc) is 3.10. The van der Waals surface area contributed by atoms with Crippen LogP contribution in [0.2, 0.25) is 0 Å². The maximum absolute atomic E-state index is 13.7. The molecule has 242 valence electrons. The number of anilines is 1. The Kier molecular flexibility index (Phi) is 10.6. The number of piperazine rings is 1. The number of hydrogen-bond acceptors (Lipinski definition) is 6. The van der Waals surface area contributed by atoms with E-state index in [0.717, 1.165) is 80.2 Å². The van der Waals surface area contributed by atoms with Gasteiger partial charge in [-0.15, -0.1) is 11.8 Å². The highest BCUT2D eigenvalue weighted by Crippen LogP contribution is 2.42. The number of rotatable bonds is 10. The van der Waals surface area contributed by atoms with E-state index in [1.54, 1.807) is 31.0 Å². The van der Waals surface area contributed by atoms with Crippen molar-refractivity contribution in [3.05, 3.63) is 100 Å². The maximum Gasteiger partial charge on any atom is 0.260 e. The molecule has 2 aliphatic heterocycles. The van der Waals surface area contributed by atoms with Gasteiger partial charge in [0.25, 0.3) is 11.8 Å². The van der Waals surface area contributed by atoms with Crippen molar-refractivity contribution in [1.82, 2.24) is 15.1 Å². The summed E-state index contributed by atoms with van der Waals surface area (Å²) >= 11 is 1.69. The van der Waals surface area contributed by atoms with E-state index in [2.05, 4.69) is 27.2 Å². The van der Waals surface area contributed by atoms with Crippen molar-refractivity contribution in [2.45, 2.75) is 49.9 Å². The van der Waals surface area contributed by atoms with Crippen LogP contribution in [0.15, 0.2) is 77.7 Å². The van der Waals surface area contributed by atoms with Crippen LogP contribution in [0.4, 0.5) is 10.1 Å². The zero-order valence-corrected chi connectivity index (χ0v) is 27.3. The first-order valence-electron chi connectivity index (χ1n) is 16.4. The first-order chi connectivity index (χ1) is 22.5. The Morgan fingerprint density at radius 3 is 2.39 bits per heavy atom. The maximum atomic E-state index is 13.7. The second kappa shape index (κ2) is 15.2. The molecule has 9 heteroatoms. The van der Waals surface area contributed by atoms with Crippen molar-refractivity contribution in [1.29, 1.82) is 0 Å². The molecule has 1 N–H and O–H groups in total. The molecule has 3 aliphatic rings. The Hall–Kier alpha value is -3.82. The third-order valence-corrected chi connectivity index (χ3v) is 10.7. The molecule has 2 amide bonds. The normalized spacial score (nSPS) is 21.3. The topological polar surface area (TPSA) is 65.1 Å². The minimum Gasteiger partial charge on any atom is -0.497 e. The molecule has 6 rings (SSSR count). The summed E-state index contributed by atoms with van der Waals surface area (Å²) in [5.74, 6) is 0.550. The number of fused-ring (bicyclic) bond motifs is 1. The number of methoxy groups -OCH3 is 1. The molecular weight excluding hydrogens is 599 g/mol. The number of amides is 2. The SMILES string of the molecule is COc1ccc(N2CCN(CCCNC(=O)c3ccc(/C=C4\SC5CCCCC5N(Cc5ccc(F)cc5)C4=O)cc3)CC2)cc1.